The molecule has 1 amide bonds. The molecule has 0 unspecified atom stereocenters. The zero-order valence-corrected chi connectivity index (χ0v) is 17.1. The number of nitrogens with zero attached hydrogens (tertiary/aromatic N) is 1. The Hall–Kier alpha value is -3.65. The normalized spacial score (nSPS) is 10.7. The smallest absolute Gasteiger partial charge is 0.343 e. The first kappa shape index (κ1) is 19.7. The van der Waals surface area contributed by atoms with Crippen LogP contribution in [0.5, 0.6) is 16.7 Å². The van der Waals surface area contributed by atoms with Crippen molar-refractivity contribution >= 4 is 33.9 Å². The quantitative estimate of drug-likeness (QED) is 0.445. The van der Waals surface area contributed by atoms with Gasteiger partial charge in [-0.05, 0) is 36.8 Å². The number of aryl methyl sites for hydroxylation is 1. The summed E-state index contributed by atoms with van der Waals surface area (Å²) in [7, 11) is 0. The topological polar surface area (TPSA) is 90.7 Å². The molecule has 2 heterocycles. The molecular weight excluding hydrogens is 404 g/mol. The molecule has 0 atom stereocenters. The van der Waals surface area contributed by atoms with E-state index in [4.69, 9.17) is 13.9 Å². The number of ether oxygens (including phenoxy) is 2. The van der Waals surface area contributed by atoms with Crippen molar-refractivity contribution in [1.29, 1.82) is 0 Å². The summed E-state index contributed by atoms with van der Waals surface area (Å²) in [5.41, 5.74) is 1.79. The van der Waals surface area contributed by atoms with E-state index in [1.54, 1.807) is 42.6 Å². The lowest BCUT2D eigenvalue weighted by molar-refractivity contribution is -0.114. The Bertz CT molecular complexity index is 1260. The largest absolute Gasteiger partial charge is 0.489 e. The van der Waals surface area contributed by atoms with Crippen LogP contribution in [-0.2, 0) is 11.4 Å². The molecule has 0 bridgehead atoms. The SMILES string of the molecule is CC(=O)Nc1cccc(OCc2c(C)c3ccc(Oc4nccs4)cc3oc2=O)c1. The van der Waals surface area contributed by atoms with Gasteiger partial charge in [-0.25, -0.2) is 9.78 Å². The first-order valence-electron chi connectivity index (χ1n) is 9.14. The summed E-state index contributed by atoms with van der Waals surface area (Å²) >= 11 is 1.38. The highest BCUT2D eigenvalue weighted by Gasteiger charge is 2.13. The molecular formula is C22H18N2O5S. The van der Waals surface area contributed by atoms with E-state index in [-0.39, 0.29) is 12.5 Å². The van der Waals surface area contributed by atoms with Gasteiger partial charge in [0.1, 0.15) is 23.7 Å². The fourth-order valence-corrected chi connectivity index (χ4v) is 3.49. The van der Waals surface area contributed by atoms with Crippen molar-refractivity contribution in [2.45, 2.75) is 20.5 Å². The highest BCUT2D eigenvalue weighted by Crippen LogP contribution is 2.29. The van der Waals surface area contributed by atoms with Gasteiger partial charge >= 0.3 is 5.63 Å². The summed E-state index contributed by atoms with van der Waals surface area (Å²) in [6, 6.07) is 12.3. The van der Waals surface area contributed by atoms with Crippen LogP contribution in [0.3, 0.4) is 0 Å². The fraction of sp³-hybridized carbons (Fsp3) is 0.136. The van der Waals surface area contributed by atoms with Crippen LogP contribution in [-0.4, -0.2) is 10.9 Å². The lowest BCUT2D eigenvalue weighted by Crippen LogP contribution is -2.13. The van der Waals surface area contributed by atoms with E-state index >= 15 is 0 Å². The minimum absolute atomic E-state index is 0.0466. The molecule has 0 spiro atoms. The zero-order chi connectivity index (χ0) is 21.1. The van der Waals surface area contributed by atoms with Crippen molar-refractivity contribution < 1.29 is 18.7 Å². The lowest BCUT2D eigenvalue weighted by atomic mass is 10.1. The third-order valence-corrected chi connectivity index (χ3v) is 5.06. The molecule has 0 saturated heterocycles. The van der Waals surface area contributed by atoms with Gasteiger partial charge in [-0.15, -0.1) is 0 Å². The maximum atomic E-state index is 12.6. The number of rotatable bonds is 6. The third-order valence-electron chi connectivity index (χ3n) is 4.41. The average molecular weight is 422 g/mol. The monoisotopic (exact) mass is 422 g/mol. The van der Waals surface area contributed by atoms with Crippen LogP contribution in [0, 0.1) is 6.92 Å². The van der Waals surface area contributed by atoms with Crippen LogP contribution in [0.1, 0.15) is 18.1 Å². The van der Waals surface area contributed by atoms with E-state index in [1.807, 2.05) is 18.4 Å². The predicted molar refractivity (Wildman–Crippen MR) is 114 cm³/mol. The number of amides is 1. The Morgan fingerprint density at radius 3 is 2.83 bits per heavy atom. The second-order valence-corrected chi connectivity index (χ2v) is 7.41. The van der Waals surface area contributed by atoms with E-state index in [1.165, 1.54) is 18.3 Å². The van der Waals surface area contributed by atoms with Gasteiger partial charge in [0.05, 0.1) is 5.56 Å². The van der Waals surface area contributed by atoms with E-state index < -0.39 is 5.63 Å². The minimum Gasteiger partial charge on any atom is -0.489 e. The van der Waals surface area contributed by atoms with E-state index in [2.05, 4.69) is 10.3 Å². The molecule has 0 aliphatic carbocycles. The summed E-state index contributed by atoms with van der Waals surface area (Å²) in [5, 5.41) is 5.83. The van der Waals surface area contributed by atoms with E-state index in [0.717, 1.165) is 10.9 Å². The van der Waals surface area contributed by atoms with E-state index in [9.17, 15) is 9.59 Å². The highest BCUT2D eigenvalue weighted by atomic mass is 32.1. The highest BCUT2D eigenvalue weighted by molar-refractivity contribution is 7.11. The summed E-state index contributed by atoms with van der Waals surface area (Å²) in [6.07, 6.45) is 1.66. The standard InChI is InChI=1S/C22H18N2O5S/c1-13-18-7-6-17(28-22-23-8-9-30-22)11-20(18)29-21(26)19(13)12-27-16-5-3-4-15(10-16)24-14(2)25/h3-11H,12H2,1-2H3,(H,24,25). The van der Waals surface area contributed by atoms with Crippen LogP contribution in [0.15, 0.2) is 63.3 Å². The molecule has 0 aliphatic heterocycles. The minimum atomic E-state index is -0.468. The molecule has 0 aliphatic rings. The van der Waals surface area contributed by atoms with Gasteiger partial charge in [-0.2, -0.15) is 0 Å². The van der Waals surface area contributed by atoms with Crippen LogP contribution in [0.25, 0.3) is 11.0 Å². The van der Waals surface area contributed by atoms with Gasteiger partial charge in [-0.1, -0.05) is 17.4 Å². The number of fused-ring (bicyclic) bond motifs is 1. The van der Waals surface area contributed by atoms with Crippen LogP contribution < -0.4 is 20.4 Å². The molecule has 1 N–H and O–H groups in total. The summed E-state index contributed by atoms with van der Waals surface area (Å²) in [4.78, 5) is 27.9. The van der Waals surface area contributed by atoms with Crippen LogP contribution >= 0.6 is 11.3 Å². The number of carbonyl (C=O) groups is 1. The molecule has 4 rings (SSSR count). The average Bonchev–Trinajstić information content (AvgIpc) is 3.20. The van der Waals surface area contributed by atoms with E-state index in [0.29, 0.717) is 33.5 Å². The van der Waals surface area contributed by atoms with Gasteiger partial charge in [0.15, 0.2) is 0 Å². The number of aromatic nitrogens is 1. The molecule has 2 aromatic carbocycles. The second kappa shape index (κ2) is 8.38. The molecule has 8 heteroatoms. The summed E-state index contributed by atoms with van der Waals surface area (Å²) in [6.45, 7) is 3.34. The van der Waals surface area contributed by atoms with Crippen molar-refractivity contribution in [2.75, 3.05) is 5.32 Å². The van der Waals surface area contributed by atoms with Gasteiger partial charge in [0.2, 0.25) is 5.91 Å². The predicted octanol–water partition coefficient (Wildman–Crippen LogP) is 4.89. The molecule has 152 valence electrons. The molecule has 0 fully saturated rings. The maximum Gasteiger partial charge on any atom is 0.343 e. The molecule has 0 radical (unpaired) electrons. The van der Waals surface area contributed by atoms with Gasteiger partial charge in [-0.3, -0.25) is 4.79 Å². The van der Waals surface area contributed by atoms with Gasteiger partial charge < -0.3 is 19.2 Å². The number of thiazole rings is 1. The Kier molecular flexibility index (Phi) is 5.49. The van der Waals surface area contributed by atoms with Gasteiger partial charge in [0, 0.05) is 41.7 Å². The van der Waals surface area contributed by atoms with Crippen LogP contribution in [0.4, 0.5) is 5.69 Å². The number of carbonyl (C=O) groups excluding carboxylic acids is 1. The first-order valence-corrected chi connectivity index (χ1v) is 10.0. The van der Waals surface area contributed by atoms with Crippen molar-refractivity contribution in [3.63, 3.8) is 0 Å². The summed E-state index contributed by atoms with van der Waals surface area (Å²) < 4.78 is 17.0. The van der Waals surface area contributed by atoms with Crippen molar-refractivity contribution in [3.05, 3.63) is 75.6 Å². The van der Waals surface area contributed by atoms with Gasteiger partial charge in [0.25, 0.3) is 5.19 Å². The molecule has 7 nitrogen and oxygen atoms in total. The maximum absolute atomic E-state index is 12.6. The number of nitrogens with one attached hydrogen (secondary N) is 1. The lowest BCUT2D eigenvalue weighted by Gasteiger charge is -2.11. The van der Waals surface area contributed by atoms with Crippen molar-refractivity contribution in [1.82, 2.24) is 4.98 Å². The third kappa shape index (κ3) is 4.33. The Morgan fingerprint density at radius 1 is 1.20 bits per heavy atom. The molecule has 0 saturated carbocycles. The number of hydrogen-bond donors (Lipinski definition) is 1. The fourth-order valence-electron chi connectivity index (χ4n) is 2.99. The Labute approximate surface area is 175 Å². The number of anilines is 1. The zero-order valence-electron chi connectivity index (χ0n) is 16.3. The molecule has 2 aromatic heterocycles. The van der Waals surface area contributed by atoms with Crippen molar-refractivity contribution in [3.8, 4) is 16.7 Å². The van der Waals surface area contributed by atoms with Crippen molar-refractivity contribution in [2.24, 2.45) is 0 Å². The summed E-state index contributed by atoms with van der Waals surface area (Å²) in [5.74, 6) is 0.905. The molecule has 30 heavy (non-hydrogen) atoms. The Morgan fingerprint density at radius 2 is 2.07 bits per heavy atom. The molecule has 4 aromatic rings. The number of benzene rings is 2. The second-order valence-electron chi connectivity index (χ2n) is 6.55. The first-order chi connectivity index (χ1) is 14.5. The number of hydrogen-bond acceptors (Lipinski definition) is 7. The Balaban J connectivity index is 1.57. The van der Waals surface area contributed by atoms with Crippen LogP contribution in [0.2, 0.25) is 0 Å².